The van der Waals surface area contributed by atoms with Gasteiger partial charge in [0.2, 0.25) is 0 Å². The molecule has 3 aromatic carbocycles. The Hall–Kier alpha value is -4.02. The van der Waals surface area contributed by atoms with E-state index in [0.717, 1.165) is 72.9 Å². The lowest BCUT2D eigenvalue weighted by atomic mass is 10.0. The second-order valence-corrected chi connectivity index (χ2v) is 10.9. The number of amides is 1. The van der Waals surface area contributed by atoms with E-state index in [0.29, 0.717) is 36.6 Å². The van der Waals surface area contributed by atoms with Crippen LogP contribution in [0.15, 0.2) is 54.6 Å². The number of rotatable bonds is 7. The molecule has 2 fully saturated rings. The summed E-state index contributed by atoms with van der Waals surface area (Å²) in [4.78, 5) is 18.3. The predicted molar refractivity (Wildman–Crippen MR) is 157 cm³/mol. The summed E-state index contributed by atoms with van der Waals surface area (Å²) in [5, 5.41) is 14.7. The van der Waals surface area contributed by atoms with Crippen LogP contribution in [0.1, 0.15) is 34.3 Å². The lowest BCUT2D eigenvalue weighted by Gasteiger charge is -2.32. The molecule has 2 aliphatic heterocycles. The molecule has 4 aromatic rings. The number of carbonyl (C=O) groups excluding carboxylic acids is 1. The Balaban J connectivity index is 1.25. The Kier molecular flexibility index (Phi) is 7.84. The van der Waals surface area contributed by atoms with Crippen molar-refractivity contribution < 1.29 is 18.3 Å². The molecule has 3 heterocycles. The smallest absolute Gasteiger partial charge is 0.258 e. The Morgan fingerprint density at radius 3 is 2.49 bits per heavy atom. The molecule has 10 heteroatoms. The molecule has 214 valence electrons. The van der Waals surface area contributed by atoms with Gasteiger partial charge >= 0.3 is 0 Å². The maximum Gasteiger partial charge on any atom is 0.258 e. The SMILES string of the molecule is CN1CCC(Nc2cc(N3CCOCC3)ccc2C(=O)Nc2n[nH]c3ccc(Cc4cc(F)cc(F)c4)cc23)CC1. The quantitative estimate of drug-likeness (QED) is 0.294. The van der Waals surface area contributed by atoms with Gasteiger partial charge in [-0.05, 0) is 93.0 Å². The normalized spacial score (nSPS) is 16.7. The van der Waals surface area contributed by atoms with Crippen molar-refractivity contribution in [2.24, 2.45) is 0 Å². The minimum atomic E-state index is -0.610. The fourth-order valence-corrected chi connectivity index (χ4v) is 5.63. The number of likely N-dealkylation sites (tertiary alicyclic amines) is 1. The summed E-state index contributed by atoms with van der Waals surface area (Å²) >= 11 is 0. The molecule has 1 aromatic heterocycles. The van der Waals surface area contributed by atoms with Crippen LogP contribution >= 0.6 is 0 Å². The van der Waals surface area contributed by atoms with Crippen molar-refractivity contribution in [1.29, 1.82) is 0 Å². The van der Waals surface area contributed by atoms with Gasteiger partial charge in [-0.15, -0.1) is 0 Å². The Morgan fingerprint density at radius 1 is 0.976 bits per heavy atom. The number of nitrogens with zero attached hydrogens (tertiary/aromatic N) is 3. The summed E-state index contributed by atoms with van der Waals surface area (Å²) in [5.74, 6) is -1.08. The van der Waals surface area contributed by atoms with E-state index in [9.17, 15) is 13.6 Å². The number of aromatic amines is 1. The first-order valence-electron chi connectivity index (χ1n) is 14.1. The highest BCUT2D eigenvalue weighted by Crippen LogP contribution is 2.29. The van der Waals surface area contributed by atoms with Crippen molar-refractivity contribution in [2.45, 2.75) is 25.3 Å². The van der Waals surface area contributed by atoms with Crippen LogP contribution < -0.4 is 15.5 Å². The largest absolute Gasteiger partial charge is 0.382 e. The van der Waals surface area contributed by atoms with Crippen LogP contribution in [0.25, 0.3) is 10.9 Å². The highest BCUT2D eigenvalue weighted by molar-refractivity contribution is 6.11. The summed E-state index contributed by atoms with van der Waals surface area (Å²) in [6.45, 7) is 5.00. The van der Waals surface area contributed by atoms with E-state index < -0.39 is 11.6 Å². The van der Waals surface area contributed by atoms with E-state index in [-0.39, 0.29) is 11.9 Å². The van der Waals surface area contributed by atoms with Gasteiger partial charge in [0, 0.05) is 42.0 Å². The van der Waals surface area contributed by atoms with Crippen molar-refractivity contribution in [3.8, 4) is 0 Å². The van der Waals surface area contributed by atoms with Crippen molar-refractivity contribution in [1.82, 2.24) is 15.1 Å². The standard InChI is InChI=1S/C31H34F2N6O2/c1-38-8-6-24(7-9-38)34-29-19-25(39-10-12-41-13-11-39)3-4-26(29)31(40)35-30-27-17-20(2-5-28(27)36-37-30)14-21-15-22(32)18-23(33)16-21/h2-5,15-19,24,34H,6-14H2,1H3,(H2,35,36,37,40). The molecule has 3 N–H and O–H groups in total. The molecule has 2 aliphatic rings. The number of aromatic nitrogens is 2. The first-order chi connectivity index (χ1) is 19.9. The van der Waals surface area contributed by atoms with Gasteiger partial charge in [0.1, 0.15) is 11.6 Å². The minimum Gasteiger partial charge on any atom is -0.382 e. The van der Waals surface area contributed by atoms with E-state index in [1.165, 1.54) is 12.1 Å². The number of ether oxygens (including phenoxy) is 1. The number of hydrogen-bond acceptors (Lipinski definition) is 6. The van der Waals surface area contributed by atoms with Gasteiger partial charge in [0.25, 0.3) is 5.91 Å². The monoisotopic (exact) mass is 560 g/mol. The Bertz CT molecular complexity index is 1520. The molecule has 41 heavy (non-hydrogen) atoms. The van der Waals surface area contributed by atoms with E-state index in [1.807, 2.05) is 30.3 Å². The highest BCUT2D eigenvalue weighted by Gasteiger charge is 2.22. The second-order valence-electron chi connectivity index (χ2n) is 10.9. The topological polar surface area (TPSA) is 85.5 Å². The van der Waals surface area contributed by atoms with Crippen LogP contribution in [-0.2, 0) is 11.2 Å². The number of benzene rings is 3. The summed E-state index contributed by atoms with van der Waals surface area (Å²) in [7, 11) is 2.13. The van der Waals surface area contributed by atoms with Crippen LogP contribution in [0, 0.1) is 11.6 Å². The maximum atomic E-state index is 13.7. The van der Waals surface area contributed by atoms with Crippen LogP contribution in [0.4, 0.5) is 26.0 Å². The molecule has 0 saturated carbocycles. The van der Waals surface area contributed by atoms with Gasteiger partial charge in [0.05, 0.1) is 24.3 Å². The van der Waals surface area contributed by atoms with Gasteiger partial charge in [-0.2, -0.15) is 5.10 Å². The number of nitrogens with one attached hydrogen (secondary N) is 3. The molecular weight excluding hydrogens is 526 g/mol. The Morgan fingerprint density at radius 2 is 1.73 bits per heavy atom. The van der Waals surface area contributed by atoms with Gasteiger partial charge in [0.15, 0.2) is 5.82 Å². The molecule has 0 aliphatic carbocycles. The van der Waals surface area contributed by atoms with E-state index in [1.54, 1.807) is 0 Å². The molecule has 0 radical (unpaired) electrons. The van der Waals surface area contributed by atoms with Crippen molar-refractivity contribution >= 4 is 34.0 Å². The number of fused-ring (bicyclic) bond motifs is 1. The molecule has 1 amide bonds. The fourth-order valence-electron chi connectivity index (χ4n) is 5.63. The van der Waals surface area contributed by atoms with E-state index in [4.69, 9.17) is 4.74 Å². The zero-order valence-corrected chi connectivity index (χ0v) is 23.1. The lowest BCUT2D eigenvalue weighted by Crippen LogP contribution is -2.37. The number of H-pyrrole nitrogens is 1. The first kappa shape index (κ1) is 27.2. The van der Waals surface area contributed by atoms with Crippen molar-refractivity contribution in [3.05, 3.63) is 82.9 Å². The van der Waals surface area contributed by atoms with Crippen LogP contribution in [0.2, 0.25) is 0 Å². The molecular formula is C31H34F2N6O2. The van der Waals surface area contributed by atoms with Crippen molar-refractivity contribution in [3.63, 3.8) is 0 Å². The zero-order chi connectivity index (χ0) is 28.3. The highest BCUT2D eigenvalue weighted by atomic mass is 19.1. The number of anilines is 3. The molecule has 6 rings (SSSR count). The summed E-state index contributed by atoms with van der Waals surface area (Å²) < 4.78 is 32.9. The van der Waals surface area contributed by atoms with Gasteiger partial charge in [-0.25, -0.2) is 8.78 Å². The molecule has 0 atom stereocenters. The fraction of sp³-hybridized carbons (Fsp3) is 0.355. The molecule has 0 spiro atoms. The molecule has 0 bridgehead atoms. The molecule has 0 unspecified atom stereocenters. The summed E-state index contributed by atoms with van der Waals surface area (Å²) in [6.07, 6.45) is 2.35. The number of morpholine rings is 1. The van der Waals surface area contributed by atoms with Crippen LogP contribution in [-0.4, -0.2) is 73.5 Å². The first-order valence-corrected chi connectivity index (χ1v) is 14.1. The van der Waals surface area contributed by atoms with E-state index >= 15 is 0 Å². The average Bonchev–Trinajstić information content (AvgIpc) is 3.36. The van der Waals surface area contributed by atoms with Gasteiger partial charge in [-0.3, -0.25) is 9.89 Å². The van der Waals surface area contributed by atoms with Gasteiger partial charge in [-0.1, -0.05) is 6.07 Å². The predicted octanol–water partition coefficient (Wildman–Crippen LogP) is 5.03. The minimum absolute atomic E-state index is 0.264. The van der Waals surface area contributed by atoms with E-state index in [2.05, 4.69) is 43.7 Å². The molecule has 8 nitrogen and oxygen atoms in total. The third kappa shape index (κ3) is 6.34. The maximum absolute atomic E-state index is 13.7. The number of halogens is 2. The number of hydrogen-bond donors (Lipinski definition) is 3. The number of carbonyl (C=O) groups is 1. The average molecular weight is 561 g/mol. The zero-order valence-electron chi connectivity index (χ0n) is 23.1. The third-order valence-corrected chi connectivity index (χ3v) is 7.89. The van der Waals surface area contributed by atoms with Crippen molar-refractivity contribution in [2.75, 3.05) is 62.0 Å². The Labute approximate surface area is 237 Å². The van der Waals surface area contributed by atoms with Crippen LogP contribution in [0.5, 0.6) is 0 Å². The summed E-state index contributed by atoms with van der Waals surface area (Å²) in [5.41, 5.74) is 4.53. The molecule has 2 saturated heterocycles. The lowest BCUT2D eigenvalue weighted by molar-refractivity contribution is 0.102. The second kappa shape index (κ2) is 11.8. The third-order valence-electron chi connectivity index (χ3n) is 7.89. The number of piperidine rings is 1. The van der Waals surface area contributed by atoms with Gasteiger partial charge < -0.3 is 25.2 Å². The van der Waals surface area contributed by atoms with Crippen LogP contribution in [0.3, 0.4) is 0 Å². The summed E-state index contributed by atoms with van der Waals surface area (Å²) in [6, 6.07) is 15.3.